The quantitative estimate of drug-likeness (QED) is 0.793. The second-order valence-corrected chi connectivity index (χ2v) is 4.35. The van der Waals surface area contributed by atoms with Gasteiger partial charge in [-0.2, -0.15) is 5.10 Å². The SMILES string of the molecule is CCNC(c1ccnn1C)C(CC)(CC)OC. The van der Waals surface area contributed by atoms with Crippen LogP contribution in [0.5, 0.6) is 0 Å². The topological polar surface area (TPSA) is 39.1 Å². The van der Waals surface area contributed by atoms with Gasteiger partial charge in [-0.15, -0.1) is 0 Å². The molecule has 0 saturated carbocycles. The number of hydrogen-bond acceptors (Lipinski definition) is 3. The van der Waals surface area contributed by atoms with Crippen LogP contribution >= 0.6 is 0 Å². The van der Waals surface area contributed by atoms with Gasteiger partial charge in [0.25, 0.3) is 0 Å². The molecule has 0 fully saturated rings. The average Bonchev–Trinajstić information content (AvgIpc) is 2.77. The minimum Gasteiger partial charge on any atom is -0.376 e. The summed E-state index contributed by atoms with van der Waals surface area (Å²) in [6.07, 6.45) is 3.79. The Morgan fingerprint density at radius 3 is 2.41 bits per heavy atom. The van der Waals surface area contributed by atoms with Crippen molar-refractivity contribution in [3.8, 4) is 0 Å². The van der Waals surface area contributed by atoms with Crippen molar-refractivity contribution >= 4 is 0 Å². The Hall–Kier alpha value is -0.870. The van der Waals surface area contributed by atoms with E-state index in [4.69, 9.17) is 4.74 Å². The number of aryl methyl sites for hydroxylation is 1. The van der Waals surface area contributed by atoms with Gasteiger partial charge in [0.15, 0.2) is 0 Å². The molecule has 1 heterocycles. The highest BCUT2D eigenvalue weighted by atomic mass is 16.5. The number of methoxy groups -OCH3 is 1. The summed E-state index contributed by atoms with van der Waals surface area (Å²) in [7, 11) is 3.78. The molecule has 4 heteroatoms. The predicted molar refractivity (Wildman–Crippen MR) is 69.9 cm³/mol. The molecule has 0 aliphatic carbocycles. The van der Waals surface area contributed by atoms with E-state index in [1.165, 1.54) is 5.69 Å². The van der Waals surface area contributed by atoms with Gasteiger partial charge in [0.2, 0.25) is 0 Å². The van der Waals surface area contributed by atoms with Gasteiger partial charge in [-0.05, 0) is 25.5 Å². The molecule has 0 aliphatic heterocycles. The Balaban J connectivity index is 3.11. The summed E-state index contributed by atoms with van der Waals surface area (Å²) in [6.45, 7) is 7.39. The lowest BCUT2D eigenvalue weighted by molar-refractivity contribution is -0.0501. The largest absolute Gasteiger partial charge is 0.376 e. The summed E-state index contributed by atoms with van der Waals surface area (Å²) in [6, 6.07) is 2.24. The second kappa shape index (κ2) is 6.17. The van der Waals surface area contributed by atoms with Crippen molar-refractivity contribution in [2.24, 2.45) is 7.05 Å². The van der Waals surface area contributed by atoms with E-state index in [2.05, 4.69) is 37.3 Å². The molecular weight excluding hydrogens is 214 g/mol. The van der Waals surface area contributed by atoms with Crippen LogP contribution in [-0.2, 0) is 11.8 Å². The minimum atomic E-state index is -0.163. The molecule has 0 spiro atoms. The normalized spacial score (nSPS) is 13.9. The lowest BCUT2D eigenvalue weighted by Crippen LogP contribution is -2.45. The molecule has 98 valence electrons. The molecule has 1 N–H and O–H groups in total. The molecule has 0 aliphatic rings. The molecular formula is C13H25N3O. The highest BCUT2D eigenvalue weighted by Gasteiger charge is 2.37. The summed E-state index contributed by atoms with van der Waals surface area (Å²) >= 11 is 0. The van der Waals surface area contributed by atoms with Crippen LogP contribution in [0.15, 0.2) is 12.3 Å². The van der Waals surface area contributed by atoms with Crippen molar-refractivity contribution in [1.29, 1.82) is 0 Å². The van der Waals surface area contributed by atoms with Crippen LogP contribution < -0.4 is 5.32 Å². The van der Waals surface area contributed by atoms with Crippen molar-refractivity contribution in [3.05, 3.63) is 18.0 Å². The van der Waals surface area contributed by atoms with Crippen LogP contribution in [0, 0.1) is 0 Å². The fourth-order valence-corrected chi connectivity index (χ4v) is 2.50. The lowest BCUT2D eigenvalue weighted by Gasteiger charge is -2.38. The van der Waals surface area contributed by atoms with Crippen LogP contribution in [0.3, 0.4) is 0 Å². The Bertz CT molecular complexity index is 323. The van der Waals surface area contributed by atoms with E-state index in [1.807, 2.05) is 17.9 Å². The van der Waals surface area contributed by atoms with E-state index in [-0.39, 0.29) is 11.6 Å². The van der Waals surface area contributed by atoms with Crippen LogP contribution in [0.1, 0.15) is 45.3 Å². The third kappa shape index (κ3) is 2.69. The minimum absolute atomic E-state index is 0.163. The summed E-state index contributed by atoms with van der Waals surface area (Å²) in [5.41, 5.74) is 1.02. The van der Waals surface area contributed by atoms with Crippen LogP contribution in [0.25, 0.3) is 0 Å². The van der Waals surface area contributed by atoms with Crippen molar-refractivity contribution in [1.82, 2.24) is 15.1 Å². The van der Waals surface area contributed by atoms with Crippen LogP contribution in [0.2, 0.25) is 0 Å². The van der Waals surface area contributed by atoms with E-state index < -0.39 is 0 Å². The fourth-order valence-electron chi connectivity index (χ4n) is 2.50. The highest BCUT2D eigenvalue weighted by Crippen LogP contribution is 2.34. The smallest absolute Gasteiger partial charge is 0.0882 e. The average molecular weight is 239 g/mol. The number of nitrogens with one attached hydrogen (secondary N) is 1. The van der Waals surface area contributed by atoms with Crippen LogP contribution in [0.4, 0.5) is 0 Å². The molecule has 0 bridgehead atoms. The van der Waals surface area contributed by atoms with E-state index in [0.29, 0.717) is 0 Å². The number of ether oxygens (including phenoxy) is 1. The second-order valence-electron chi connectivity index (χ2n) is 4.35. The number of rotatable bonds is 7. The molecule has 1 aromatic rings. The molecule has 0 amide bonds. The Morgan fingerprint density at radius 2 is 2.06 bits per heavy atom. The van der Waals surface area contributed by atoms with Gasteiger partial charge in [0.1, 0.15) is 0 Å². The Kier molecular flexibility index (Phi) is 5.15. The van der Waals surface area contributed by atoms with Crippen molar-refractivity contribution in [3.63, 3.8) is 0 Å². The molecule has 0 saturated heterocycles. The standard InChI is InChI=1S/C13H25N3O/c1-6-13(7-2,17-5)12(14-8-3)11-9-10-15-16(11)4/h9-10,12,14H,6-8H2,1-5H3. The molecule has 1 aromatic heterocycles. The third-order valence-corrected chi connectivity index (χ3v) is 3.69. The van der Waals surface area contributed by atoms with Crippen molar-refractivity contribution in [2.75, 3.05) is 13.7 Å². The molecule has 4 nitrogen and oxygen atoms in total. The number of nitrogens with zero attached hydrogens (tertiary/aromatic N) is 2. The molecule has 1 atom stereocenters. The maximum atomic E-state index is 5.83. The predicted octanol–water partition coefficient (Wildman–Crippen LogP) is 2.28. The Morgan fingerprint density at radius 1 is 1.41 bits per heavy atom. The summed E-state index contributed by atoms with van der Waals surface area (Å²) < 4.78 is 7.75. The van der Waals surface area contributed by atoms with Gasteiger partial charge >= 0.3 is 0 Å². The maximum Gasteiger partial charge on any atom is 0.0882 e. The zero-order chi connectivity index (χ0) is 12.9. The third-order valence-electron chi connectivity index (χ3n) is 3.69. The zero-order valence-corrected chi connectivity index (χ0v) is 11.7. The first-order chi connectivity index (χ1) is 8.15. The fraction of sp³-hybridized carbons (Fsp3) is 0.769. The van der Waals surface area contributed by atoms with Gasteiger partial charge in [-0.25, -0.2) is 0 Å². The van der Waals surface area contributed by atoms with Gasteiger partial charge in [-0.3, -0.25) is 4.68 Å². The Labute approximate surface area is 104 Å². The lowest BCUT2D eigenvalue weighted by atomic mass is 9.86. The summed E-state index contributed by atoms with van der Waals surface area (Å²) in [5.74, 6) is 0. The van der Waals surface area contributed by atoms with Crippen molar-refractivity contribution in [2.45, 2.75) is 45.3 Å². The maximum absolute atomic E-state index is 5.83. The highest BCUT2D eigenvalue weighted by molar-refractivity contribution is 5.13. The van der Waals surface area contributed by atoms with E-state index in [1.54, 1.807) is 7.11 Å². The first kappa shape index (κ1) is 14.2. The molecule has 0 radical (unpaired) electrons. The van der Waals surface area contributed by atoms with Gasteiger partial charge in [0, 0.05) is 20.4 Å². The van der Waals surface area contributed by atoms with Crippen LogP contribution in [-0.4, -0.2) is 29.0 Å². The van der Waals surface area contributed by atoms with Gasteiger partial charge < -0.3 is 10.1 Å². The number of hydrogen-bond donors (Lipinski definition) is 1. The summed E-state index contributed by atoms with van der Waals surface area (Å²) in [4.78, 5) is 0. The summed E-state index contributed by atoms with van der Waals surface area (Å²) in [5, 5.41) is 7.79. The van der Waals surface area contributed by atoms with E-state index >= 15 is 0 Å². The number of aromatic nitrogens is 2. The van der Waals surface area contributed by atoms with E-state index in [0.717, 1.165) is 19.4 Å². The van der Waals surface area contributed by atoms with Gasteiger partial charge in [0.05, 0.1) is 17.3 Å². The molecule has 1 rings (SSSR count). The van der Waals surface area contributed by atoms with E-state index in [9.17, 15) is 0 Å². The monoisotopic (exact) mass is 239 g/mol. The van der Waals surface area contributed by atoms with Gasteiger partial charge in [-0.1, -0.05) is 20.8 Å². The molecule has 1 unspecified atom stereocenters. The zero-order valence-electron chi connectivity index (χ0n) is 11.7. The first-order valence-electron chi connectivity index (χ1n) is 6.41. The molecule has 17 heavy (non-hydrogen) atoms. The van der Waals surface area contributed by atoms with Crippen molar-refractivity contribution < 1.29 is 4.74 Å². The first-order valence-corrected chi connectivity index (χ1v) is 6.41. The molecule has 0 aromatic carbocycles. The number of likely N-dealkylation sites (N-methyl/N-ethyl adjacent to an activating group) is 1.